The fourth-order valence-corrected chi connectivity index (χ4v) is 5.62. The molecule has 0 radical (unpaired) electrons. The van der Waals surface area contributed by atoms with Crippen molar-refractivity contribution in [3.05, 3.63) is 82.0 Å². The van der Waals surface area contributed by atoms with Crippen molar-refractivity contribution in [3.8, 4) is 0 Å². The van der Waals surface area contributed by atoms with Crippen LogP contribution in [0.5, 0.6) is 0 Å². The number of benzene rings is 2. The van der Waals surface area contributed by atoms with Gasteiger partial charge in [0, 0.05) is 32.7 Å². The first-order valence-electron chi connectivity index (χ1n) is 10.2. The first-order valence-corrected chi connectivity index (χ1v) is 12.4. The van der Waals surface area contributed by atoms with Crippen molar-refractivity contribution in [2.75, 3.05) is 31.1 Å². The van der Waals surface area contributed by atoms with E-state index >= 15 is 0 Å². The van der Waals surface area contributed by atoms with Crippen LogP contribution in [0.2, 0.25) is 10.0 Å². The summed E-state index contributed by atoms with van der Waals surface area (Å²) in [6.07, 6.45) is 0. The van der Waals surface area contributed by atoms with Gasteiger partial charge in [-0.25, -0.2) is 8.42 Å². The Morgan fingerprint density at radius 3 is 2.30 bits per heavy atom. The number of nitrogens with one attached hydrogen (secondary N) is 1. The third-order valence-corrected chi connectivity index (χ3v) is 8.15. The van der Waals surface area contributed by atoms with Crippen molar-refractivity contribution >= 4 is 45.0 Å². The summed E-state index contributed by atoms with van der Waals surface area (Å²) in [5.41, 5.74) is 1.20. The number of halogens is 2. The number of carbonyl (C=O) groups is 1. The van der Waals surface area contributed by atoms with Crippen LogP contribution in [-0.2, 0) is 16.6 Å². The average Bonchev–Trinajstić information content (AvgIpc) is 2.85. The van der Waals surface area contributed by atoms with Crippen LogP contribution in [0.15, 0.2) is 65.6 Å². The number of rotatable bonds is 6. The van der Waals surface area contributed by atoms with E-state index in [0.29, 0.717) is 25.5 Å². The van der Waals surface area contributed by atoms with Crippen LogP contribution in [0.3, 0.4) is 0 Å². The third-order valence-electron chi connectivity index (χ3n) is 5.28. The van der Waals surface area contributed by atoms with Gasteiger partial charge in [-0.2, -0.15) is 4.31 Å². The van der Waals surface area contributed by atoms with Gasteiger partial charge < -0.3 is 10.2 Å². The zero-order valence-corrected chi connectivity index (χ0v) is 19.8. The Morgan fingerprint density at radius 1 is 0.909 bits per heavy atom. The minimum Gasteiger partial charge on any atom is -0.352 e. The van der Waals surface area contributed by atoms with E-state index in [1.807, 2.05) is 35.2 Å². The minimum absolute atomic E-state index is 0.00391. The summed E-state index contributed by atoms with van der Waals surface area (Å²) < 4.78 is 27.3. The maximum absolute atomic E-state index is 13.0. The molecule has 0 bridgehead atoms. The van der Waals surface area contributed by atoms with Crippen molar-refractivity contribution in [2.24, 2.45) is 0 Å². The molecule has 11 heteroatoms. The highest BCUT2D eigenvalue weighted by Crippen LogP contribution is 2.31. The fraction of sp³-hybridized carbons (Fsp3) is 0.227. The van der Waals surface area contributed by atoms with Gasteiger partial charge in [-0.3, -0.25) is 4.79 Å². The number of amides is 1. The number of hydrogen-bond acceptors (Lipinski definition) is 6. The number of aromatic nitrogens is 2. The van der Waals surface area contributed by atoms with Gasteiger partial charge in [-0.1, -0.05) is 59.6 Å². The van der Waals surface area contributed by atoms with Gasteiger partial charge in [0.15, 0.2) is 11.5 Å². The highest BCUT2D eigenvalue weighted by molar-refractivity contribution is 7.89. The van der Waals surface area contributed by atoms with Gasteiger partial charge in [-0.05, 0) is 29.8 Å². The van der Waals surface area contributed by atoms with E-state index in [2.05, 4.69) is 15.5 Å². The smallest absolute Gasteiger partial charge is 0.272 e. The summed E-state index contributed by atoms with van der Waals surface area (Å²) in [6.45, 7) is 1.76. The maximum atomic E-state index is 13.0. The molecule has 0 unspecified atom stereocenters. The average molecular weight is 506 g/mol. The zero-order valence-electron chi connectivity index (χ0n) is 17.5. The lowest BCUT2D eigenvalue weighted by atomic mass is 10.2. The molecule has 0 aliphatic carbocycles. The number of nitrogens with zero attached hydrogens (tertiary/aromatic N) is 4. The van der Waals surface area contributed by atoms with Crippen LogP contribution in [0.4, 0.5) is 5.82 Å². The SMILES string of the molecule is O=C(NCc1ccccc1)c1ccc(N2CCN(S(=O)(=O)c3cccc(Cl)c3Cl)CC2)nn1. The number of carbonyl (C=O) groups excluding carboxylic acids is 1. The Bertz CT molecular complexity index is 1230. The molecule has 1 amide bonds. The summed E-state index contributed by atoms with van der Waals surface area (Å²) in [4.78, 5) is 14.2. The van der Waals surface area contributed by atoms with Gasteiger partial charge in [0.1, 0.15) is 4.90 Å². The third kappa shape index (κ3) is 5.27. The molecule has 3 aromatic rings. The van der Waals surface area contributed by atoms with Gasteiger partial charge in [0.25, 0.3) is 5.91 Å². The molecule has 2 aromatic carbocycles. The molecule has 0 spiro atoms. The molecule has 8 nitrogen and oxygen atoms in total. The lowest BCUT2D eigenvalue weighted by molar-refractivity contribution is 0.0945. The molecular weight excluding hydrogens is 485 g/mol. The molecule has 1 saturated heterocycles. The van der Waals surface area contributed by atoms with Crippen molar-refractivity contribution < 1.29 is 13.2 Å². The second kappa shape index (κ2) is 10.0. The van der Waals surface area contributed by atoms with Crippen LogP contribution >= 0.6 is 23.2 Å². The van der Waals surface area contributed by atoms with E-state index in [-0.39, 0.29) is 39.6 Å². The molecule has 1 aromatic heterocycles. The highest BCUT2D eigenvalue weighted by Gasteiger charge is 2.31. The van der Waals surface area contributed by atoms with Gasteiger partial charge in [0.05, 0.1) is 10.0 Å². The standard InChI is InChI=1S/C22H21Cl2N5O3S/c23-17-7-4-8-19(21(17)24)33(31,32)29-13-11-28(12-14-29)20-10-9-18(26-27-20)22(30)25-15-16-5-2-1-3-6-16/h1-10H,11-15H2,(H,25,30). The number of piperazine rings is 1. The van der Waals surface area contributed by atoms with Crippen LogP contribution in [0, 0.1) is 0 Å². The molecule has 2 heterocycles. The summed E-state index contributed by atoms with van der Waals surface area (Å²) in [5.74, 6) is 0.264. The first-order chi connectivity index (χ1) is 15.9. The maximum Gasteiger partial charge on any atom is 0.272 e. The van der Waals surface area contributed by atoms with Crippen LogP contribution < -0.4 is 10.2 Å². The van der Waals surface area contributed by atoms with Crippen molar-refractivity contribution in [2.45, 2.75) is 11.4 Å². The lowest BCUT2D eigenvalue weighted by Gasteiger charge is -2.34. The Morgan fingerprint density at radius 2 is 1.64 bits per heavy atom. The van der Waals surface area contributed by atoms with Crippen LogP contribution in [0.1, 0.15) is 16.1 Å². The van der Waals surface area contributed by atoms with E-state index in [9.17, 15) is 13.2 Å². The molecule has 1 aliphatic heterocycles. The van der Waals surface area contributed by atoms with Gasteiger partial charge in [0.2, 0.25) is 10.0 Å². The topological polar surface area (TPSA) is 95.5 Å². The van der Waals surface area contributed by atoms with E-state index in [0.717, 1.165) is 5.56 Å². The monoisotopic (exact) mass is 505 g/mol. The normalized spacial score (nSPS) is 14.8. The van der Waals surface area contributed by atoms with E-state index in [4.69, 9.17) is 23.2 Å². The molecular formula is C22H21Cl2N5O3S. The lowest BCUT2D eigenvalue weighted by Crippen LogP contribution is -2.49. The molecule has 1 N–H and O–H groups in total. The number of anilines is 1. The molecule has 1 fully saturated rings. The molecule has 1 aliphatic rings. The van der Waals surface area contributed by atoms with Gasteiger partial charge in [-0.15, -0.1) is 10.2 Å². The second-order valence-electron chi connectivity index (χ2n) is 7.39. The predicted octanol–water partition coefficient (Wildman–Crippen LogP) is 3.22. The van der Waals surface area contributed by atoms with Crippen molar-refractivity contribution in [1.29, 1.82) is 0 Å². The number of hydrogen-bond donors (Lipinski definition) is 1. The largest absolute Gasteiger partial charge is 0.352 e. The Labute approximate surface area is 202 Å². The molecule has 172 valence electrons. The Hall–Kier alpha value is -2.72. The summed E-state index contributed by atoms with van der Waals surface area (Å²) >= 11 is 12.1. The molecule has 33 heavy (non-hydrogen) atoms. The quantitative estimate of drug-likeness (QED) is 0.552. The Kier molecular flexibility index (Phi) is 7.14. The summed E-state index contributed by atoms with van der Waals surface area (Å²) in [5, 5.41) is 11.2. The highest BCUT2D eigenvalue weighted by atomic mass is 35.5. The van der Waals surface area contributed by atoms with Crippen LogP contribution in [-0.4, -0.2) is 55.0 Å². The molecule has 4 rings (SSSR count). The summed E-state index contributed by atoms with van der Waals surface area (Å²) in [7, 11) is -3.77. The summed E-state index contributed by atoms with van der Waals surface area (Å²) in [6, 6.07) is 17.5. The van der Waals surface area contributed by atoms with Crippen molar-refractivity contribution in [1.82, 2.24) is 19.8 Å². The van der Waals surface area contributed by atoms with E-state index in [1.54, 1.807) is 24.3 Å². The number of sulfonamides is 1. The van der Waals surface area contributed by atoms with Gasteiger partial charge >= 0.3 is 0 Å². The Balaban J connectivity index is 1.36. The van der Waals surface area contributed by atoms with Crippen molar-refractivity contribution in [3.63, 3.8) is 0 Å². The molecule has 0 atom stereocenters. The molecule has 0 saturated carbocycles. The first kappa shape index (κ1) is 23.4. The van der Waals surface area contributed by atoms with Crippen LogP contribution in [0.25, 0.3) is 0 Å². The van der Waals surface area contributed by atoms with E-state index in [1.165, 1.54) is 10.4 Å². The minimum atomic E-state index is -3.77. The fourth-order valence-electron chi connectivity index (χ4n) is 3.46. The second-order valence-corrected chi connectivity index (χ2v) is 10.1. The predicted molar refractivity (Wildman–Crippen MR) is 127 cm³/mol. The van der Waals surface area contributed by atoms with E-state index < -0.39 is 10.0 Å². The zero-order chi connectivity index (χ0) is 23.4.